The Morgan fingerprint density at radius 1 is 1.35 bits per heavy atom. The fourth-order valence-corrected chi connectivity index (χ4v) is 1.84. The molecule has 0 aromatic carbocycles. The van der Waals surface area contributed by atoms with E-state index in [1.807, 2.05) is 13.8 Å². The molecule has 7 heteroatoms. The normalized spacial score (nSPS) is 18.9. The standard InChI is InChI=1S/C13H16N4O3/c1-7(2)8-3-4-10(17-16-8)13(20)14-9-5-6-11(18)15-12(9)19/h3-4,7,9H,5-6H2,1-2H3,(H,14,20)(H,15,18,19)/t9-/m1/s1. The maximum atomic E-state index is 11.9. The molecular weight excluding hydrogens is 260 g/mol. The van der Waals surface area contributed by atoms with Gasteiger partial charge in [-0.25, -0.2) is 0 Å². The summed E-state index contributed by atoms with van der Waals surface area (Å²) in [5.74, 6) is -1.04. The Hall–Kier alpha value is -2.31. The van der Waals surface area contributed by atoms with Gasteiger partial charge in [-0.15, -0.1) is 5.10 Å². The van der Waals surface area contributed by atoms with Gasteiger partial charge in [0.05, 0.1) is 5.69 Å². The van der Waals surface area contributed by atoms with E-state index < -0.39 is 17.9 Å². The SMILES string of the molecule is CC(C)c1ccc(C(=O)N[C@@H]2CCC(=O)NC2=O)nn1. The van der Waals surface area contributed by atoms with Crippen LogP contribution in [0.3, 0.4) is 0 Å². The molecule has 1 saturated heterocycles. The minimum absolute atomic E-state index is 0.152. The molecule has 2 heterocycles. The summed E-state index contributed by atoms with van der Waals surface area (Å²) in [5, 5.41) is 12.5. The molecule has 2 rings (SSSR count). The fourth-order valence-electron chi connectivity index (χ4n) is 1.84. The number of rotatable bonds is 3. The number of imide groups is 1. The summed E-state index contributed by atoms with van der Waals surface area (Å²) in [4.78, 5) is 34.5. The van der Waals surface area contributed by atoms with E-state index in [2.05, 4.69) is 20.8 Å². The van der Waals surface area contributed by atoms with Crippen LogP contribution in [-0.4, -0.2) is 34.0 Å². The van der Waals surface area contributed by atoms with E-state index in [9.17, 15) is 14.4 Å². The van der Waals surface area contributed by atoms with Crippen molar-refractivity contribution in [1.29, 1.82) is 0 Å². The number of piperidine rings is 1. The third kappa shape index (κ3) is 3.17. The second kappa shape index (κ2) is 5.77. The fraction of sp³-hybridized carbons (Fsp3) is 0.462. The van der Waals surface area contributed by atoms with Crippen molar-refractivity contribution < 1.29 is 14.4 Å². The lowest BCUT2D eigenvalue weighted by atomic mass is 10.1. The Balaban J connectivity index is 2.01. The number of nitrogens with one attached hydrogen (secondary N) is 2. The molecule has 0 unspecified atom stereocenters. The van der Waals surface area contributed by atoms with Crippen molar-refractivity contribution in [3.63, 3.8) is 0 Å². The van der Waals surface area contributed by atoms with E-state index in [1.54, 1.807) is 12.1 Å². The van der Waals surface area contributed by atoms with Crippen LogP contribution in [0.25, 0.3) is 0 Å². The van der Waals surface area contributed by atoms with Gasteiger partial charge >= 0.3 is 0 Å². The van der Waals surface area contributed by atoms with Gasteiger partial charge in [-0.05, 0) is 24.5 Å². The lowest BCUT2D eigenvalue weighted by Crippen LogP contribution is -2.52. The van der Waals surface area contributed by atoms with Crippen LogP contribution in [0, 0.1) is 0 Å². The number of carbonyl (C=O) groups is 3. The Labute approximate surface area is 116 Å². The van der Waals surface area contributed by atoms with Gasteiger partial charge in [0, 0.05) is 6.42 Å². The van der Waals surface area contributed by atoms with Crippen LogP contribution in [0.15, 0.2) is 12.1 Å². The third-order valence-corrected chi connectivity index (χ3v) is 3.05. The summed E-state index contributed by atoms with van der Waals surface area (Å²) in [7, 11) is 0. The molecule has 2 N–H and O–H groups in total. The maximum Gasteiger partial charge on any atom is 0.272 e. The monoisotopic (exact) mass is 276 g/mol. The Kier molecular flexibility index (Phi) is 4.07. The summed E-state index contributed by atoms with van der Waals surface area (Å²) in [5.41, 5.74) is 0.946. The summed E-state index contributed by atoms with van der Waals surface area (Å²) < 4.78 is 0. The van der Waals surface area contributed by atoms with Crippen LogP contribution in [-0.2, 0) is 9.59 Å². The number of hydrogen-bond acceptors (Lipinski definition) is 5. The number of nitrogens with zero attached hydrogens (tertiary/aromatic N) is 2. The molecule has 1 atom stereocenters. The molecule has 0 saturated carbocycles. The maximum absolute atomic E-state index is 11.9. The van der Waals surface area contributed by atoms with E-state index in [4.69, 9.17) is 0 Å². The summed E-state index contributed by atoms with van der Waals surface area (Å²) in [6, 6.07) is 2.60. The van der Waals surface area contributed by atoms with Crippen molar-refractivity contribution in [3.8, 4) is 0 Å². The Morgan fingerprint density at radius 3 is 2.65 bits per heavy atom. The van der Waals surface area contributed by atoms with Gasteiger partial charge in [0.2, 0.25) is 11.8 Å². The van der Waals surface area contributed by atoms with Crippen LogP contribution in [0.1, 0.15) is 48.8 Å². The first-order chi connectivity index (χ1) is 9.47. The number of amides is 3. The van der Waals surface area contributed by atoms with Crippen molar-refractivity contribution in [1.82, 2.24) is 20.8 Å². The highest BCUT2D eigenvalue weighted by Crippen LogP contribution is 2.10. The topological polar surface area (TPSA) is 101 Å². The molecule has 1 fully saturated rings. The average Bonchev–Trinajstić information content (AvgIpc) is 2.42. The minimum Gasteiger partial charge on any atom is -0.339 e. The van der Waals surface area contributed by atoms with Crippen molar-refractivity contribution in [2.45, 2.75) is 38.6 Å². The van der Waals surface area contributed by atoms with Gasteiger partial charge in [-0.2, -0.15) is 5.10 Å². The van der Waals surface area contributed by atoms with Gasteiger partial charge in [0.15, 0.2) is 5.69 Å². The highest BCUT2D eigenvalue weighted by Gasteiger charge is 2.28. The molecule has 1 aromatic heterocycles. The van der Waals surface area contributed by atoms with Crippen LogP contribution < -0.4 is 10.6 Å². The quantitative estimate of drug-likeness (QED) is 0.764. The van der Waals surface area contributed by atoms with Crippen LogP contribution in [0.4, 0.5) is 0 Å². The van der Waals surface area contributed by atoms with Gasteiger partial charge in [0.25, 0.3) is 5.91 Å². The van der Waals surface area contributed by atoms with Gasteiger partial charge in [0.1, 0.15) is 6.04 Å². The predicted molar refractivity (Wildman–Crippen MR) is 69.8 cm³/mol. The van der Waals surface area contributed by atoms with Crippen molar-refractivity contribution >= 4 is 17.7 Å². The number of carbonyl (C=O) groups excluding carboxylic acids is 3. The average molecular weight is 276 g/mol. The highest BCUT2D eigenvalue weighted by molar-refractivity contribution is 6.03. The van der Waals surface area contributed by atoms with Crippen LogP contribution in [0.5, 0.6) is 0 Å². The zero-order chi connectivity index (χ0) is 14.7. The number of aromatic nitrogens is 2. The van der Waals surface area contributed by atoms with E-state index >= 15 is 0 Å². The third-order valence-electron chi connectivity index (χ3n) is 3.05. The zero-order valence-corrected chi connectivity index (χ0v) is 11.3. The first-order valence-electron chi connectivity index (χ1n) is 6.45. The van der Waals surface area contributed by atoms with Gasteiger partial charge < -0.3 is 5.32 Å². The minimum atomic E-state index is -0.702. The molecule has 1 aliphatic heterocycles. The van der Waals surface area contributed by atoms with E-state index in [-0.39, 0.29) is 23.9 Å². The molecule has 106 valence electrons. The lowest BCUT2D eigenvalue weighted by molar-refractivity contribution is -0.134. The van der Waals surface area contributed by atoms with E-state index in [1.165, 1.54) is 0 Å². The van der Waals surface area contributed by atoms with E-state index in [0.29, 0.717) is 6.42 Å². The van der Waals surface area contributed by atoms with E-state index in [0.717, 1.165) is 5.69 Å². The van der Waals surface area contributed by atoms with Crippen LogP contribution in [0.2, 0.25) is 0 Å². The predicted octanol–water partition coefficient (Wildman–Crippen LogP) is 0.135. The van der Waals surface area contributed by atoms with Crippen molar-refractivity contribution in [3.05, 3.63) is 23.5 Å². The molecular formula is C13H16N4O3. The Morgan fingerprint density at radius 2 is 2.10 bits per heavy atom. The molecule has 0 bridgehead atoms. The molecule has 0 radical (unpaired) electrons. The number of hydrogen-bond donors (Lipinski definition) is 2. The van der Waals surface area contributed by atoms with Crippen LogP contribution >= 0.6 is 0 Å². The van der Waals surface area contributed by atoms with Crippen molar-refractivity contribution in [2.75, 3.05) is 0 Å². The first-order valence-corrected chi connectivity index (χ1v) is 6.45. The summed E-state index contributed by atoms with van der Waals surface area (Å²) in [6.45, 7) is 3.96. The second-order valence-corrected chi connectivity index (χ2v) is 4.98. The Bertz CT molecular complexity index is 539. The molecule has 0 aliphatic carbocycles. The smallest absolute Gasteiger partial charge is 0.272 e. The molecule has 0 spiro atoms. The largest absolute Gasteiger partial charge is 0.339 e. The first kappa shape index (κ1) is 14.1. The van der Waals surface area contributed by atoms with Gasteiger partial charge in [-0.3, -0.25) is 19.7 Å². The lowest BCUT2D eigenvalue weighted by Gasteiger charge is -2.21. The molecule has 3 amide bonds. The highest BCUT2D eigenvalue weighted by atomic mass is 16.2. The van der Waals surface area contributed by atoms with Gasteiger partial charge in [-0.1, -0.05) is 13.8 Å². The summed E-state index contributed by atoms with van der Waals surface area (Å²) >= 11 is 0. The molecule has 1 aromatic rings. The molecule has 1 aliphatic rings. The summed E-state index contributed by atoms with van der Waals surface area (Å²) in [6.07, 6.45) is 0.516. The molecule has 7 nitrogen and oxygen atoms in total. The molecule has 20 heavy (non-hydrogen) atoms. The second-order valence-electron chi connectivity index (χ2n) is 4.98. The van der Waals surface area contributed by atoms with Crippen molar-refractivity contribution in [2.24, 2.45) is 0 Å². The zero-order valence-electron chi connectivity index (χ0n) is 11.3.